The minimum atomic E-state index is -0.186. The summed E-state index contributed by atoms with van der Waals surface area (Å²) < 4.78 is 6.01. The SMILES string of the molecule is CN1C(=S)N(c2ccccc2)C(=O)/C1=C/c1ccccc1OCc1ccc(Cl)cc1Cl. The number of likely N-dealkylation sites (N-methyl/N-ethyl adjacent to an activating group) is 1. The van der Waals surface area contributed by atoms with Gasteiger partial charge in [0.2, 0.25) is 0 Å². The summed E-state index contributed by atoms with van der Waals surface area (Å²) >= 11 is 17.7. The molecule has 0 N–H and O–H groups in total. The predicted molar refractivity (Wildman–Crippen MR) is 130 cm³/mol. The minimum Gasteiger partial charge on any atom is -0.488 e. The summed E-state index contributed by atoms with van der Waals surface area (Å²) in [5.74, 6) is 0.445. The van der Waals surface area contributed by atoms with Crippen LogP contribution >= 0.6 is 35.4 Å². The van der Waals surface area contributed by atoms with E-state index in [9.17, 15) is 4.79 Å². The number of anilines is 1. The zero-order valence-electron chi connectivity index (χ0n) is 16.6. The highest BCUT2D eigenvalue weighted by Crippen LogP contribution is 2.30. The maximum absolute atomic E-state index is 13.2. The van der Waals surface area contributed by atoms with Gasteiger partial charge in [0.15, 0.2) is 5.11 Å². The fraction of sp³-hybridized carbons (Fsp3) is 0.0833. The molecule has 7 heteroatoms. The maximum atomic E-state index is 13.2. The molecule has 1 saturated heterocycles. The largest absolute Gasteiger partial charge is 0.488 e. The summed E-state index contributed by atoms with van der Waals surface area (Å²) in [6, 6.07) is 22.1. The molecule has 156 valence electrons. The number of carbonyl (C=O) groups excluding carboxylic acids is 1. The zero-order valence-corrected chi connectivity index (χ0v) is 18.9. The number of rotatable bonds is 5. The monoisotopic (exact) mass is 468 g/mol. The molecule has 1 fully saturated rings. The molecule has 0 aromatic heterocycles. The van der Waals surface area contributed by atoms with E-state index < -0.39 is 0 Å². The van der Waals surface area contributed by atoms with Gasteiger partial charge in [0, 0.05) is 28.2 Å². The Balaban J connectivity index is 1.62. The zero-order chi connectivity index (χ0) is 22.0. The molecule has 1 heterocycles. The highest BCUT2D eigenvalue weighted by molar-refractivity contribution is 7.80. The van der Waals surface area contributed by atoms with E-state index in [1.54, 1.807) is 30.2 Å². The molecule has 1 amide bonds. The van der Waals surface area contributed by atoms with Gasteiger partial charge in [-0.1, -0.05) is 65.7 Å². The number of amides is 1. The van der Waals surface area contributed by atoms with Crippen molar-refractivity contribution in [1.82, 2.24) is 4.90 Å². The van der Waals surface area contributed by atoms with Gasteiger partial charge in [0.1, 0.15) is 18.1 Å². The molecule has 0 radical (unpaired) electrons. The molecule has 0 spiro atoms. The van der Waals surface area contributed by atoms with E-state index in [4.69, 9.17) is 40.2 Å². The number of thiocarbonyl (C=S) groups is 1. The van der Waals surface area contributed by atoms with Gasteiger partial charge in [-0.3, -0.25) is 9.69 Å². The van der Waals surface area contributed by atoms with Crippen molar-refractivity contribution in [2.45, 2.75) is 6.61 Å². The Morgan fingerprint density at radius 3 is 2.45 bits per heavy atom. The summed E-state index contributed by atoms with van der Waals surface area (Å²) in [4.78, 5) is 16.4. The van der Waals surface area contributed by atoms with Gasteiger partial charge in [-0.25, -0.2) is 0 Å². The molecular formula is C24H18Cl2N2O2S. The highest BCUT2D eigenvalue weighted by Gasteiger charge is 2.36. The summed E-state index contributed by atoms with van der Waals surface area (Å²) in [6.07, 6.45) is 1.79. The normalized spacial score (nSPS) is 15.1. The van der Waals surface area contributed by atoms with E-state index in [0.29, 0.717) is 26.6 Å². The van der Waals surface area contributed by atoms with Gasteiger partial charge >= 0.3 is 0 Å². The number of nitrogens with zero attached hydrogens (tertiary/aromatic N) is 2. The summed E-state index contributed by atoms with van der Waals surface area (Å²) in [5, 5.41) is 1.53. The van der Waals surface area contributed by atoms with E-state index in [1.165, 1.54) is 4.90 Å². The average Bonchev–Trinajstić information content (AvgIpc) is 2.98. The maximum Gasteiger partial charge on any atom is 0.281 e. The van der Waals surface area contributed by atoms with Gasteiger partial charge in [0.25, 0.3) is 5.91 Å². The van der Waals surface area contributed by atoms with Crippen molar-refractivity contribution in [2.24, 2.45) is 0 Å². The fourth-order valence-corrected chi connectivity index (χ4v) is 3.98. The van der Waals surface area contributed by atoms with Gasteiger partial charge in [-0.2, -0.15) is 0 Å². The Morgan fingerprint density at radius 1 is 1.00 bits per heavy atom. The lowest BCUT2D eigenvalue weighted by molar-refractivity contribution is -0.114. The molecule has 4 rings (SSSR count). The topological polar surface area (TPSA) is 32.8 Å². The first-order valence-corrected chi connectivity index (χ1v) is 10.7. The number of para-hydroxylation sites is 2. The molecule has 0 aliphatic carbocycles. The highest BCUT2D eigenvalue weighted by atomic mass is 35.5. The van der Waals surface area contributed by atoms with Crippen LogP contribution in [0.3, 0.4) is 0 Å². The first-order chi connectivity index (χ1) is 15.0. The predicted octanol–water partition coefficient (Wildman–Crippen LogP) is 6.18. The van der Waals surface area contributed by atoms with Crippen LogP contribution in [0.4, 0.5) is 5.69 Å². The van der Waals surface area contributed by atoms with E-state index in [-0.39, 0.29) is 12.5 Å². The molecule has 0 unspecified atom stereocenters. The van der Waals surface area contributed by atoms with Gasteiger partial charge in [0.05, 0.1) is 5.69 Å². The Bertz CT molecular complexity index is 1180. The molecule has 31 heavy (non-hydrogen) atoms. The van der Waals surface area contributed by atoms with Crippen LogP contribution in [0.2, 0.25) is 10.0 Å². The van der Waals surface area contributed by atoms with E-state index in [2.05, 4.69) is 0 Å². The van der Waals surface area contributed by atoms with Crippen LogP contribution < -0.4 is 9.64 Å². The van der Waals surface area contributed by atoms with Crippen LogP contribution in [0.5, 0.6) is 5.75 Å². The molecule has 0 bridgehead atoms. The van der Waals surface area contributed by atoms with Crippen LogP contribution in [0.15, 0.2) is 78.5 Å². The van der Waals surface area contributed by atoms with Crippen LogP contribution in [0.25, 0.3) is 6.08 Å². The van der Waals surface area contributed by atoms with Crippen molar-refractivity contribution in [3.8, 4) is 5.75 Å². The number of hydrogen-bond acceptors (Lipinski definition) is 3. The molecule has 0 atom stereocenters. The second-order valence-corrected chi connectivity index (χ2v) is 8.12. The minimum absolute atomic E-state index is 0.186. The molecule has 3 aromatic carbocycles. The molecule has 0 saturated carbocycles. The number of carbonyl (C=O) groups is 1. The van der Waals surface area contributed by atoms with E-state index in [1.807, 2.05) is 60.7 Å². The molecular weight excluding hydrogens is 451 g/mol. The van der Waals surface area contributed by atoms with Crippen molar-refractivity contribution in [3.05, 3.63) is 99.7 Å². The third-order valence-corrected chi connectivity index (χ3v) is 5.93. The van der Waals surface area contributed by atoms with Crippen molar-refractivity contribution < 1.29 is 9.53 Å². The van der Waals surface area contributed by atoms with Crippen LogP contribution in [-0.4, -0.2) is 23.0 Å². The Labute approximate surface area is 196 Å². The van der Waals surface area contributed by atoms with Gasteiger partial charge in [-0.15, -0.1) is 0 Å². The van der Waals surface area contributed by atoms with Crippen LogP contribution in [-0.2, 0) is 11.4 Å². The lowest BCUT2D eigenvalue weighted by atomic mass is 10.1. The van der Waals surface area contributed by atoms with Crippen molar-refractivity contribution >= 4 is 58.2 Å². The van der Waals surface area contributed by atoms with Crippen molar-refractivity contribution in [3.63, 3.8) is 0 Å². The third kappa shape index (κ3) is 4.44. The first-order valence-electron chi connectivity index (χ1n) is 9.50. The molecule has 1 aliphatic heterocycles. The average molecular weight is 469 g/mol. The third-order valence-electron chi connectivity index (χ3n) is 4.89. The van der Waals surface area contributed by atoms with E-state index in [0.717, 1.165) is 16.8 Å². The number of halogens is 2. The lowest BCUT2D eigenvalue weighted by Crippen LogP contribution is -2.30. The summed E-state index contributed by atoms with van der Waals surface area (Å²) in [7, 11) is 1.78. The van der Waals surface area contributed by atoms with Gasteiger partial charge in [-0.05, 0) is 48.6 Å². The second-order valence-electron chi connectivity index (χ2n) is 6.91. The molecule has 4 nitrogen and oxygen atoms in total. The number of hydrogen-bond donors (Lipinski definition) is 0. The fourth-order valence-electron chi connectivity index (χ4n) is 3.23. The Kier molecular flexibility index (Phi) is 6.28. The Morgan fingerprint density at radius 2 is 1.71 bits per heavy atom. The van der Waals surface area contributed by atoms with E-state index >= 15 is 0 Å². The Hall–Kier alpha value is -2.86. The van der Waals surface area contributed by atoms with Crippen molar-refractivity contribution in [1.29, 1.82) is 0 Å². The van der Waals surface area contributed by atoms with Crippen LogP contribution in [0, 0.1) is 0 Å². The standard InChI is InChI=1S/C24H18Cl2N2O2S/c1-27-21(23(29)28(24(27)31)19-8-3-2-4-9-19)13-16-7-5-6-10-22(16)30-15-17-11-12-18(25)14-20(17)26/h2-14H,15H2,1H3/b21-13-. The van der Waals surface area contributed by atoms with Crippen molar-refractivity contribution in [2.75, 3.05) is 11.9 Å². The van der Waals surface area contributed by atoms with Crippen LogP contribution in [0.1, 0.15) is 11.1 Å². The first kappa shape index (κ1) is 21.4. The lowest BCUT2D eigenvalue weighted by Gasteiger charge is -2.16. The quantitative estimate of drug-likeness (QED) is 0.330. The molecule has 3 aromatic rings. The van der Waals surface area contributed by atoms with Gasteiger partial charge < -0.3 is 9.64 Å². The second kappa shape index (κ2) is 9.10. The summed E-state index contributed by atoms with van der Waals surface area (Å²) in [5.41, 5.74) is 2.78. The smallest absolute Gasteiger partial charge is 0.281 e. The number of ether oxygens (including phenoxy) is 1. The number of benzene rings is 3. The molecule has 1 aliphatic rings. The summed E-state index contributed by atoms with van der Waals surface area (Å²) in [6.45, 7) is 0.272.